The standard InChI is InChI=1S/C11H11N3O4/c15-10-5-8(11(16)13-10)12-6-7-3-1-2-4-9(7)14(17)18/h1-4,8,12H,5-6H2,(H,13,15,16). The van der Waals surface area contributed by atoms with Crippen molar-refractivity contribution in [3.05, 3.63) is 39.9 Å². The number of hydrogen-bond acceptors (Lipinski definition) is 5. The molecule has 1 unspecified atom stereocenters. The van der Waals surface area contributed by atoms with Crippen LogP contribution in [-0.2, 0) is 16.1 Å². The zero-order valence-electron chi connectivity index (χ0n) is 9.38. The van der Waals surface area contributed by atoms with Crippen LogP contribution in [0.25, 0.3) is 0 Å². The van der Waals surface area contributed by atoms with E-state index >= 15 is 0 Å². The van der Waals surface area contributed by atoms with E-state index in [1.165, 1.54) is 6.07 Å². The summed E-state index contributed by atoms with van der Waals surface area (Å²) in [6, 6.07) is 5.66. The highest BCUT2D eigenvalue weighted by Gasteiger charge is 2.30. The van der Waals surface area contributed by atoms with Crippen molar-refractivity contribution < 1.29 is 14.5 Å². The number of rotatable bonds is 4. The van der Waals surface area contributed by atoms with Crippen LogP contribution in [0.3, 0.4) is 0 Å². The number of nitro benzene ring substituents is 1. The molecule has 2 amide bonds. The van der Waals surface area contributed by atoms with E-state index in [9.17, 15) is 19.7 Å². The Bertz CT molecular complexity index is 515. The van der Waals surface area contributed by atoms with Crippen LogP contribution < -0.4 is 10.6 Å². The Morgan fingerprint density at radius 1 is 1.39 bits per heavy atom. The number of hydrogen-bond donors (Lipinski definition) is 2. The van der Waals surface area contributed by atoms with Crippen molar-refractivity contribution in [2.24, 2.45) is 0 Å². The Labute approximate surface area is 102 Å². The van der Waals surface area contributed by atoms with Gasteiger partial charge < -0.3 is 5.32 Å². The maximum Gasteiger partial charge on any atom is 0.273 e. The van der Waals surface area contributed by atoms with Crippen LogP contribution >= 0.6 is 0 Å². The summed E-state index contributed by atoms with van der Waals surface area (Å²) in [6.07, 6.45) is 0.0689. The topological polar surface area (TPSA) is 101 Å². The number of para-hydroxylation sites is 1. The number of amides is 2. The minimum Gasteiger partial charge on any atom is -0.301 e. The SMILES string of the molecule is O=C1CC(NCc2ccccc2[N+](=O)[O-])C(=O)N1. The van der Waals surface area contributed by atoms with Gasteiger partial charge in [0.1, 0.15) is 0 Å². The summed E-state index contributed by atoms with van der Waals surface area (Å²) in [5.41, 5.74) is 0.476. The lowest BCUT2D eigenvalue weighted by atomic mass is 10.1. The van der Waals surface area contributed by atoms with Crippen LogP contribution in [-0.4, -0.2) is 22.8 Å². The molecule has 0 saturated carbocycles. The number of carbonyl (C=O) groups is 2. The summed E-state index contributed by atoms with van der Waals surface area (Å²) in [5, 5.41) is 15.8. The molecule has 94 valence electrons. The molecule has 1 aliphatic rings. The Morgan fingerprint density at radius 2 is 2.11 bits per heavy atom. The summed E-state index contributed by atoms with van der Waals surface area (Å²) in [4.78, 5) is 32.6. The molecule has 0 aliphatic carbocycles. The van der Waals surface area contributed by atoms with Crippen molar-refractivity contribution in [2.45, 2.75) is 19.0 Å². The van der Waals surface area contributed by atoms with Crippen LogP contribution in [0.2, 0.25) is 0 Å². The lowest BCUT2D eigenvalue weighted by molar-refractivity contribution is -0.385. The first-order chi connectivity index (χ1) is 8.58. The molecule has 1 aromatic carbocycles. The van der Waals surface area contributed by atoms with Crippen molar-refractivity contribution in [3.8, 4) is 0 Å². The average Bonchev–Trinajstić information content (AvgIpc) is 2.65. The summed E-state index contributed by atoms with van der Waals surface area (Å²) in [7, 11) is 0. The second-order valence-corrected chi connectivity index (χ2v) is 3.94. The molecular formula is C11H11N3O4. The van der Waals surface area contributed by atoms with Gasteiger partial charge in [-0.2, -0.15) is 0 Å². The van der Waals surface area contributed by atoms with Crippen LogP contribution in [0, 0.1) is 10.1 Å². The van der Waals surface area contributed by atoms with Gasteiger partial charge in [0, 0.05) is 18.2 Å². The molecule has 1 saturated heterocycles. The van der Waals surface area contributed by atoms with E-state index in [-0.39, 0.29) is 24.6 Å². The van der Waals surface area contributed by atoms with Gasteiger partial charge in [-0.25, -0.2) is 0 Å². The van der Waals surface area contributed by atoms with Gasteiger partial charge in [-0.05, 0) is 0 Å². The smallest absolute Gasteiger partial charge is 0.273 e. The van der Waals surface area contributed by atoms with Gasteiger partial charge in [0.2, 0.25) is 11.8 Å². The molecule has 18 heavy (non-hydrogen) atoms. The van der Waals surface area contributed by atoms with E-state index in [0.29, 0.717) is 5.56 Å². The van der Waals surface area contributed by atoms with Crippen LogP contribution in [0.15, 0.2) is 24.3 Å². The number of nitrogens with zero attached hydrogens (tertiary/aromatic N) is 1. The Balaban J connectivity index is 2.04. The fraction of sp³-hybridized carbons (Fsp3) is 0.273. The molecule has 7 heteroatoms. The zero-order chi connectivity index (χ0) is 13.1. The Morgan fingerprint density at radius 3 is 2.72 bits per heavy atom. The third kappa shape index (κ3) is 2.51. The predicted octanol–water partition coefficient (Wildman–Crippen LogP) is 0.0995. The van der Waals surface area contributed by atoms with Crippen molar-refractivity contribution in [3.63, 3.8) is 0 Å². The number of benzene rings is 1. The molecule has 1 aromatic rings. The van der Waals surface area contributed by atoms with Gasteiger partial charge >= 0.3 is 0 Å². The number of nitrogens with one attached hydrogen (secondary N) is 2. The second kappa shape index (κ2) is 4.92. The first kappa shape index (κ1) is 12.2. The number of imide groups is 1. The molecule has 1 fully saturated rings. The molecule has 7 nitrogen and oxygen atoms in total. The Hall–Kier alpha value is -2.28. The molecule has 2 rings (SSSR count). The zero-order valence-corrected chi connectivity index (χ0v) is 9.38. The summed E-state index contributed by atoms with van der Waals surface area (Å²) >= 11 is 0. The minimum absolute atomic E-state index is 0.00488. The highest BCUT2D eigenvalue weighted by molar-refractivity contribution is 6.05. The van der Waals surface area contributed by atoms with Gasteiger partial charge in [-0.1, -0.05) is 18.2 Å². The van der Waals surface area contributed by atoms with Crippen LogP contribution in [0.1, 0.15) is 12.0 Å². The second-order valence-electron chi connectivity index (χ2n) is 3.94. The largest absolute Gasteiger partial charge is 0.301 e. The summed E-state index contributed by atoms with van der Waals surface area (Å²) in [6.45, 7) is 0.169. The van der Waals surface area contributed by atoms with Gasteiger partial charge in [-0.3, -0.25) is 25.0 Å². The number of carbonyl (C=O) groups excluding carboxylic acids is 2. The first-order valence-corrected chi connectivity index (χ1v) is 5.37. The molecule has 1 heterocycles. The maximum atomic E-state index is 11.3. The lowest BCUT2D eigenvalue weighted by Crippen LogP contribution is -2.35. The highest BCUT2D eigenvalue weighted by atomic mass is 16.6. The van der Waals surface area contributed by atoms with E-state index in [1.807, 2.05) is 0 Å². The molecule has 0 spiro atoms. The minimum atomic E-state index is -0.614. The van der Waals surface area contributed by atoms with E-state index in [1.54, 1.807) is 18.2 Å². The van der Waals surface area contributed by atoms with Gasteiger partial charge in [0.15, 0.2) is 0 Å². The van der Waals surface area contributed by atoms with Crippen molar-refractivity contribution in [1.82, 2.24) is 10.6 Å². The van der Waals surface area contributed by atoms with Gasteiger partial charge in [0.05, 0.1) is 17.4 Å². The van der Waals surface area contributed by atoms with Crippen molar-refractivity contribution in [1.29, 1.82) is 0 Å². The van der Waals surface area contributed by atoms with E-state index in [2.05, 4.69) is 10.6 Å². The van der Waals surface area contributed by atoms with Gasteiger partial charge in [0.25, 0.3) is 5.69 Å². The molecule has 1 atom stereocenters. The highest BCUT2D eigenvalue weighted by Crippen LogP contribution is 2.17. The normalized spacial score (nSPS) is 18.8. The predicted molar refractivity (Wildman–Crippen MR) is 61.5 cm³/mol. The Kier molecular flexibility index (Phi) is 3.33. The monoisotopic (exact) mass is 249 g/mol. The maximum absolute atomic E-state index is 11.3. The summed E-state index contributed by atoms with van der Waals surface area (Å²) < 4.78 is 0. The molecule has 0 radical (unpaired) electrons. The fourth-order valence-corrected chi connectivity index (χ4v) is 1.79. The third-order valence-electron chi connectivity index (χ3n) is 2.70. The molecule has 0 aromatic heterocycles. The third-order valence-corrected chi connectivity index (χ3v) is 2.70. The van der Waals surface area contributed by atoms with Crippen LogP contribution in [0.5, 0.6) is 0 Å². The fourth-order valence-electron chi connectivity index (χ4n) is 1.79. The molecule has 1 aliphatic heterocycles. The van der Waals surface area contributed by atoms with E-state index < -0.39 is 16.9 Å². The van der Waals surface area contributed by atoms with Gasteiger partial charge in [-0.15, -0.1) is 0 Å². The van der Waals surface area contributed by atoms with E-state index in [0.717, 1.165) is 0 Å². The van der Waals surface area contributed by atoms with E-state index in [4.69, 9.17) is 0 Å². The molecule has 2 N–H and O–H groups in total. The number of nitro groups is 1. The first-order valence-electron chi connectivity index (χ1n) is 5.37. The lowest BCUT2D eigenvalue weighted by Gasteiger charge is -2.09. The van der Waals surface area contributed by atoms with Crippen molar-refractivity contribution in [2.75, 3.05) is 0 Å². The summed E-state index contributed by atoms with van der Waals surface area (Å²) in [5.74, 6) is -0.723. The quantitative estimate of drug-likeness (QED) is 0.447. The van der Waals surface area contributed by atoms with Crippen LogP contribution in [0.4, 0.5) is 5.69 Å². The van der Waals surface area contributed by atoms with Crippen molar-refractivity contribution >= 4 is 17.5 Å². The molecular weight excluding hydrogens is 238 g/mol. The average molecular weight is 249 g/mol. The molecule has 0 bridgehead atoms.